The van der Waals surface area contributed by atoms with Gasteiger partial charge in [-0.2, -0.15) is 0 Å². The van der Waals surface area contributed by atoms with Crippen LogP contribution in [0.25, 0.3) is 0 Å². The minimum absolute atomic E-state index is 0.0795. The number of carbonyl (C=O) groups is 1. The lowest BCUT2D eigenvalue weighted by Gasteiger charge is -2.13. The van der Waals surface area contributed by atoms with Crippen LogP contribution in [0.3, 0.4) is 0 Å². The van der Waals surface area contributed by atoms with E-state index in [1.54, 1.807) is 55.5 Å². The molecular weight excluding hydrogens is 378 g/mol. The van der Waals surface area contributed by atoms with E-state index in [2.05, 4.69) is 15.0 Å². The van der Waals surface area contributed by atoms with E-state index in [-0.39, 0.29) is 10.8 Å². The van der Waals surface area contributed by atoms with Crippen LogP contribution < -0.4 is 14.8 Å². The maximum atomic E-state index is 12.8. The summed E-state index contributed by atoms with van der Waals surface area (Å²) in [5.74, 6) is 0.276. The maximum absolute atomic E-state index is 12.8. The Labute approximate surface area is 163 Å². The van der Waals surface area contributed by atoms with Gasteiger partial charge < -0.3 is 10.1 Å². The molecule has 0 unspecified atom stereocenters. The molecule has 2 aromatic carbocycles. The van der Waals surface area contributed by atoms with E-state index in [1.807, 2.05) is 0 Å². The molecule has 0 atom stereocenters. The van der Waals surface area contributed by atoms with Crippen molar-refractivity contribution in [3.05, 3.63) is 78.1 Å². The summed E-state index contributed by atoms with van der Waals surface area (Å²) in [7, 11) is -2.30. The second-order valence-corrected chi connectivity index (χ2v) is 7.66. The Morgan fingerprint density at radius 1 is 0.964 bits per heavy atom. The van der Waals surface area contributed by atoms with Crippen molar-refractivity contribution in [3.8, 4) is 5.75 Å². The standard InChI is InChI=1S/C20H19N3O4S/c1-14-3-4-17(22-20(24)15-9-11-21-12-10-15)13-19(14)28(25,26)23-16-5-7-18(27-2)8-6-16/h3-13,23H,1-2H3,(H,22,24). The first-order chi connectivity index (χ1) is 13.4. The molecule has 0 aliphatic carbocycles. The average molecular weight is 397 g/mol. The number of anilines is 2. The zero-order valence-corrected chi connectivity index (χ0v) is 16.2. The highest BCUT2D eigenvalue weighted by atomic mass is 32.2. The van der Waals surface area contributed by atoms with Gasteiger partial charge >= 0.3 is 0 Å². The maximum Gasteiger partial charge on any atom is 0.262 e. The number of rotatable bonds is 6. The van der Waals surface area contributed by atoms with Crippen LogP contribution in [0.1, 0.15) is 15.9 Å². The fourth-order valence-corrected chi connectivity index (χ4v) is 3.87. The zero-order valence-electron chi connectivity index (χ0n) is 15.3. The largest absolute Gasteiger partial charge is 0.497 e. The highest BCUT2D eigenvalue weighted by Crippen LogP contribution is 2.24. The van der Waals surface area contributed by atoms with Crippen LogP contribution in [0, 0.1) is 6.92 Å². The molecule has 0 aliphatic rings. The second kappa shape index (κ2) is 8.10. The summed E-state index contributed by atoms with van der Waals surface area (Å²) in [6, 6.07) is 14.4. The molecule has 1 aromatic heterocycles. The quantitative estimate of drug-likeness (QED) is 0.664. The van der Waals surface area contributed by atoms with Crippen LogP contribution in [-0.4, -0.2) is 26.4 Å². The number of amides is 1. The fraction of sp³-hybridized carbons (Fsp3) is 0.100. The number of pyridine rings is 1. The molecule has 0 spiro atoms. The van der Waals surface area contributed by atoms with Crippen molar-refractivity contribution in [1.29, 1.82) is 0 Å². The molecule has 0 radical (unpaired) electrons. The van der Waals surface area contributed by atoms with E-state index in [1.165, 1.54) is 25.6 Å². The lowest BCUT2D eigenvalue weighted by molar-refractivity contribution is 0.102. The number of ether oxygens (including phenoxy) is 1. The van der Waals surface area contributed by atoms with E-state index in [9.17, 15) is 13.2 Å². The Hall–Kier alpha value is -3.39. The Kier molecular flexibility index (Phi) is 5.60. The lowest BCUT2D eigenvalue weighted by Crippen LogP contribution is -2.16. The van der Waals surface area contributed by atoms with Crippen molar-refractivity contribution < 1.29 is 17.9 Å². The smallest absolute Gasteiger partial charge is 0.262 e. The van der Waals surface area contributed by atoms with Gasteiger partial charge in [-0.15, -0.1) is 0 Å². The molecule has 0 aliphatic heterocycles. The number of hydrogen-bond acceptors (Lipinski definition) is 5. The van der Waals surface area contributed by atoms with Crippen LogP contribution in [0.15, 0.2) is 71.9 Å². The van der Waals surface area contributed by atoms with Gasteiger partial charge in [-0.05, 0) is 61.0 Å². The molecule has 0 saturated carbocycles. The van der Waals surface area contributed by atoms with Gasteiger partial charge in [-0.25, -0.2) is 8.42 Å². The number of nitrogens with zero attached hydrogens (tertiary/aromatic N) is 1. The highest BCUT2D eigenvalue weighted by Gasteiger charge is 2.18. The minimum Gasteiger partial charge on any atom is -0.497 e. The first-order valence-corrected chi connectivity index (χ1v) is 9.86. The van der Waals surface area contributed by atoms with Crippen molar-refractivity contribution in [2.75, 3.05) is 17.1 Å². The van der Waals surface area contributed by atoms with Crippen molar-refractivity contribution >= 4 is 27.3 Å². The van der Waals surface area contributed by atoms with Gasteiger partial charge in [0.25, 0.3) is 15.9 Å². The minimum atomic E-state index is -3.84. The molecule has 8 heteroatoms. The normalized spacial score (nSPS) is 10.9. The Bertz CT molecular complexity index is 1080. The molecule has 0 bridgehead atoms. The Morgan fingerprint density at radius 2 is 1.61 bits per heavy atom. The summed E-state index contributed by atoms with van der Waals surface area (Å²) >= 11 is 0. The number of hydrogen-bond donors (Lipinski definition) is 2. The number of aromatic nitrogens is 1. The van der Waals surface area contributed by atoms with E-state index in [0.717, 1.165) is 0 Å². The number of methoxy groups -OCH3 is 1. The van der Waals surface area contributed by atoms with Gasteiger partial charge in [0.15, 0.2) is 0 Å². The van der Waals surface area contributed by atoms with Crippen LogP contribution >= 0.6 is 0 Å². The predicted octanol–water partition coefficient (Wildman–Crippen LogP) is 3.45. The van der Waals surface area contributed by atoms with Crippen LogP contribution in [0.4, 0.5) is 11.4 Å². The Morgan fingerprint density at radius 3 is 2.25 bits per heavy atom. The third-order valence-electron chi connectivity index (χ3n) is 4.02. The van der Waals surface area contributed by atoms with Crippen molar-refractivity contribution in [2.24, 2.45) is 0 Å². The molecule has 7 nitrogen and oxygen atoms in total. The van der Waals surface area contributed by atoms with Gasteiger partial charge in [0.1, 0.15) is 5.75 Å². The van der Waals surface area contributed by atoms with Crippen LogP contribution in [0.2, 0.25) is 0 Å². The molecule has 0 fully saturated rings. The second-order valence-electron chi connectivity index (χ2n) is 6.00. The van der Waals surface area contributed by atoms with Crippen LogP contribution in [-0.2, 0) is 10.0 Å². The molecule has 28 heavy (non-hydrogen) atoms. The van der Waals surface area contributed by atoms with E-state index in [4.69, 9.17) is 4.74 Å². The zero-order chi connectivity index (χ0) is 20.1. The van der Waals surface area contributed by atoms with Gasteiger partial charge in [0.05, 0.1) is 12.0 Å². The third kappa shape index (κ3) is 4.47. The first kappa shape index (κ1) is 19.4. The van der Waals surface area contributed by atoms with E-state index < -0.39 is 10.0 Å². The SMILES string of the molecule is COc1ccc(NS(=O)(=O)c2cc(NC(=O)c3ccncc3)ccc2C)cc1. The van der Waals surface area contributed by atoms with E-state index >= 15 is 0 Å². The summed E-state index contributed by atoms with van der Waals surface area (Å²) in [4.78, 5) is 16.2. The molecule has 0 saturated heterocycles. The highest BCUT2D eigenvalue weighted by molar-refractivity contribution is 7.92. The summed E-state index contributed by atoms with van der Waals surface area (Å²) in [6.07, 6.45) is 3.03. The molecular formula is C20H19N3O4S. The summed E-state index contributed by atoms with van der Waals surface area (Å²) in [6.45, 7) is 1.69. The number of nitrogens with one attached hydrogen (secondary N) is 2. The monoisotopic (exact) mass is 397 g/mol. The van der Waals surface area contributed by atoms with Crippen LogP contribution in [0.5, 0.6) is 5.75 Å². The van der Waals surface area contributed by atoms with Crippen molar-refractivity contribution in [1.82, 2.24) is 4.98 Å². The average Bonchev–Trinajstić information content (AvgIpc) is 2.70. The lowest BCUT2D eigenvalue weighted by atomic mass is 10.2. The summed E-state index contributed by atoms with van der Waals surface area (Å²) in [5.41, 5.74) is 1.77. The molecule has 144 valence electrons. The summed E-state index contributed by atoms with van der Waals surface area (Å²) < 4.78 is 33.2. The Balaban J connectivity index is 1.84. The van der Waals surface area contributed by atoms with Gasteiger partial charge in [-0.3, -0.25) is 14.5 Å². The van der Waals surface area contributed by atoms with Crippen molar-refractivity contribution in [3.63, 3.8) is 0 Å². The van der Waals surface area contributed by atoms with Gasteiger partial charge in [0, 0.05) is 29.3 Å². The van der Waals surface area contributed by atoms with Gasteiger partial charge in [-0.1, -0.05) is 6.07 Å². The topological polar surface area (TPSA) is 97.4 Å². The third-order valence-corrected chi connectivity index (χ3v) is 5.54. The number of benzene rings is 2. The van der Waals surface area contributed by atoms with E-state index in [0.29, 0.717) is 28.3 Å². The number of aryl methyl sites for hydroxylation is 1. The number of sulfonamides is 1. The van der Waals surface area contributed by atoms with Crippen molar-refractivity contribution in [2.45, 2.75) is 11.8 Å². The first-order valence-electron chi connectivity index (χ1n) is 8.38. The molecule has 3 rings (SSSR count). The molecule has 2 N–H and O–H groups in total. The molecule has 3 aromatic rings. The summed E-state index contributed by atoms with van der Waals surface area (Å²) in [5, 5.41) is 2.70. The molecule has 1 heterocycles. The fourth-order valence-electron chi connectivity index (χ4n) is 2.54. The predicted molar refractivity (Wildman–Crippen MR) is 107 cm³/mol. The molecule has 1 amide bonds. The van der Waals surface area contributed by atoms with Gasteiger partial charge in [0.2, 0.25) is 0 Å². The number of carbonyl (C=O) groups excluding carboxylic acids is 1.